The summed E-state index contributed by atoms with van der Waals surface area (Å²) in [4.78, 5) is 29.1. The fraction of sp³-hybridized carbons (Fsp3) is 0.391. The maximum Gasteiger partial charge on any atom is 0.228 e. The normalized spacial score (nSPS) is 20.1. The van der Waals surface area contributed by atoms with Crippen molar-refractivity contribution >= 4 is 17.5 Å². The first-order valence-corrected chi connectivity index (χ1v) is 10.1. The van der Waals surface area contributed by atoms with Crippen LogP contribution >= 0.6 is 0 Å². The zero-order valence-corrected chi connectivity index (χ0v) is 16.0. The summed E-state index contributed by atoms with van der Waals surface area (Å²) in [5, 5.41) is 0. The molecule has 28 heavy (non-hydrogen) atoms. The molecular formula is C23H26N2O3. The van der Waals surface area contributed by atoms with Crippen molar-refractivity contribution < 1.29 is 14.3 Å². The predicted molar refractivity (Wildman–Crippen MR) is 108 cm³/mol. The van der Waals surface area contributed by atoms with Crippen LogP contribution in [0.15, 0.2) is 54.6 Å². The van der Waals surface area contributed by atoms with E-state index >= 15 is 0 Å². The summed E-state index contributed by atoms with van der Waals surface area (Å²) in [5.74, 6) is 1.42. The third-order valence-electron chi connectivity index (χ3n) is 5.52. The van der Waals surface area contributed by atoms with Crippen LogP contribution in [0.4, 0.5) is 5.69 Å². The maximum absolute atomic E-state index is 12.9. The standard InChI is InChI=1S/C23H26N2O3/c26-22-16-18(23(27)24-14-6-1-2-7-15-24)17-25(22)19-10-12-21(13-11-19)28-20-8-4-3-5-9-20/h3-5,8-13,18H,1-2,6-7,14-17H2. The van der Waals surface area contributed by atoms with E-state index in [9.17, 15) is 9.59 Å². The molecule has 0 aromatic heterocycles. The van der Waals surface area contributed by atoms with Gasteiger partial charge in [-0.1, -0.05) is 31.0 Å². The van der Waals surface area contributed by atoms with Gasteiger partial charge in [-0.3, -0.25) is 9.59 Å². The lowest BCUT2D eigenvalue weighted by molar-refractivity contribution is -0.135. The highest BCUT2D eigenvalue weighted by Crippen LogP contribution is 2.29. The molecule has 1 unspecified atom stereocenters. The Bertz CT molecular complexity index is 812. The molecule has 2 amide bonds. The molecule has 2 aromatic rings. The molecule has 0 saturated carbocycles. The average Bonchev–Trinajstić information content (AvgIpc) is 2.93. The van der Waals surface area contributed by atoms with Gasteiger partial charge in [-0.2, -0.15) is 0 Å². The van der Waals surface area contributed by atoms with Crippen molar-refractivity contribution in [1.82, 2.24) is 4.90 Å². The van der Waals surface area contributed by atoms with E-state index < -0.39 is 0 Å². The lowest BCUT2D eigenvalue weighted by Crippen LogP contribution is -2.38. The molecule has 2 aliphatic rings. The molecule has 4 rings (SSSR count). The lowest BCUT2D eigenvalue weighted by Gasteiger charge is -2.24. The van der Waals surface area contributed by atoms with Crippen LogP contribution in [-0.4, -0.2) is 36.3 Å². The number of nitrogens with zero attached hydrogens (tertiary/aromatic N) is 2. The van der Waals surface area contributed by atoms with Crippen LogP contribution in [0.2, 0.25) is 0 Å². The number of ether oxygens (including phenoxy) is 1. The highest BCUT2D eigenvalue weighted by atomic mass is 16.5. The number of benzene rings is 2. The second-order valence-corrected chi connectivity index (χ2v) is 7.55. The van der Waals surface area contributed by atoms with Gasteiger partial charge in [0.2, 0.25) is 11.8 Å². The average molecular weight is 378 g/mol. The molecule has 2 saturated heterocycles. The fourth-order valence-corrected chi connectivity index (χ4v) is 3.99. The summed E-state index contributed by atoms with van der Waals surface area (Å²) < 4.78 is 5.81. The van der Waals surface area contributed by atoms with Crippen molar-refractivity contribution in [3.63, 3.8) is 0 Å². The van der Waals surface area contributed by atoms with Gasteiger partial charge >= 0.3 is 0 Å². The molecule has 0 aliphatic carbocycles. The molecule has 5 heteroatoms. The zero-order valence-electron chi connectivity index (χ0n) is 16.0. The number of carbonyl (C=O) groups excluding carboxylic acids is 2. The Morgan fingerprint density at radius 2 is 1.50 bits per heavy atom. The summed E-state index contributed by atoms with van der Waals surface area (Å²) in [6.07, 6.45) is 4.82. The summed E-state index contributed by atoms with van der Waals surface area (Å²) in [6.45, 7) is 2.12. The van der Waals surface area contributed by atoms with Gasteiger partial charge in [0.05, 0.1) is 5.92 Å². The van der Waals surface area contributed by atoms with Crippen LogP contribution in [0.5, 0.6) is 11.5 Å². The summed E-state index contributed by atoms with van der Waals surface area (Å²) in [7, 11) is 0. The van der Waals surface area contributed by atoms with E-state index in [2.05, 4.69) is 0 Å². The number of carbonyl (C=O) groups is 2. The molecule has 0 spiro atoms. The summed E-state index contributed by atoms with van der Waals surface area (Å²) >= 11 is 0. The molecule has 5 nitrogen and oxygen atoms in total. The highest BCUT2D eigenvalue weighted by molar-refractivity contribution is 6.00. The van der Waals surface area contributed by atoms with E-state index in [-0.39, 0.29) is 17.7 Å². The van der Waals surface area contributed by atoms with E-state index in [0.29, 0.717) is 13.0 Å². The number of hydrogen-bond donors (Lipinski definition) is 0. The number of hydrogen-bond acceptors (Lipinski definition) is 3. The Balaban J connectivity index is 1.40. The highest BCUT2D eigenvalue weighted by Gasteiger charge is 2.37. The second-order valence-electron chi connectivity index (χ2n) is 7.55. The molecule has 0 bridgehead atoms. The number of likely N-dealkylation sites (tertiary alicyclic amines) is 1. The van der Waals surface area contributed by atoms with E-state index in [0.717, 1.165) is 43.1 Å². The van der Waals surface area contributed by atoms with E-state index in [4.69, 9.17) is 4.74 Å². The van der Waals surface area contributed by atoms with Gasteiger partial charge in [0.25, 0.3) is 0 Å². The monoisotopic (exact) mass is 378 g/mol. The molecule has 0 N–H and O–H groups in total. The second kappa shape index (κ2) is 8.46. The van der Waals surface area contributed by atoms with Crippen molar-refractivity contribution in [2.75, 3.05) is 24.5 Å². The summed E-state index contributed by atoms with van der Waals surface area (Å²) in [5.41, 5.74) is 0.816. The smallest absolute Gasteiger partial charge is 0.228 e. The van der Waals surface area contributed by atoms with E-state index in [1.807, 2.05) is 59.5 Å². The van der Waals surface area contributed by atoms with E-state index in [1.54, 1.807) is 4.90 Å². The fourth-order valence-electron chi connectivity index (χ4n) is 3.99. The van der Waals surface area contributed by atoms with E-state index in [1.165, 1.54) is 12.8 Å². The van der Waals surface area contributed by atoms with Gasteiger partial charge in [0.15, 0.2) is 0 Å². The SMILES string of the molecule is O=C(C1CC(=O)N(c2ccc(Oc3ccccc3)cc2)C1)N1CCCCCC1. The first kappa shape index (κ1) is 18.5. The van der Waals surface area contributed by atoms with Gasteiger partial charge in [-0.05, 0) is 49.2 Å². The third-order valence-corrected chi connectivity index (χ3v) is 5.52. The molecular weight excluding hydrogens is 352 g/mol. The van der Waals surface area contributed by atoms with Gasteiger partial charge in [0.1, 0.15) is 11.5 Å². The number of amides is 2. The minimum Gasteiger partial charge on any atom is -0.457 e. The van der Waals surface area contributed by atoms with Crippen molar-refractivity contribution in [1.29, 1.82) is 0 Å². The zero-order chi connectivity index (χ0) is 19.3. The molecule has 2 heterocycles. The minimum atomic E-state index is -0.231. The van der Waals surface area contributed by atoms with Crippen LogP contribution in [-0.2, 0) is 9.59 Å². The van der Waals surface area contributed by atoms with Gasteiger partial charge in [-0.15, -0.1) is 0 Å². The van der Waals surface area contributed by atoms with Gasteiger partial charge in [0, 0.05) is 31.7 Å². The van der Waals surface area contributed by atoms with Crippen LogP contribution < -0.4 is 9.64 Å². The maximum atomic E-state index is 12.9. The minimum absolute atomic E-state index is 0.0184. The molecule has 2 fully saturated rings. The van der Waals surface area contributed by atoms with Crippen molar-refractivity contribution in [3.05, 3.63) is 54.6 Å². The lowest BCUT2D eigenvalue weighted by atomic mass is 10.1. The van der Waals surface area contributed by atoms with Crippen LogP contribution in [0.1, 0.15) is 32.1 Å². The predicted octanol–water partition coefficient (Wildman–Crippen LogP) is 4.23. The molecule has 2 aromatic carbocycles. The van der Waals surface area contributed by atoms with Gasteiger partial charge < -0.3 is 14.5 Å². The summed E-state index contributed by atoms with van der Waals surface area (Å²) in [6, 6.07) is 17.1. The van der Waals surface area contributed by atoms with Gasteiger partial charge in [-0.25, -0.2) is 0 Å². The topological polar surface area (TPSA) is 49.9 Å². The molecule has 1 atom stereocenters. The van der Waals surface area contributed by atoms with Crippen LogP contribution in [0.25, 0.3) is 0 Å². The third kappa shape index (κ3) is 4.19. The number of rotatable bonds is 4. The Hall–Kier alpha value is -2.82. The van der Waals surface area contributed by atoms with Crippen molar-refractivity contribution in [2.24, 2.45) is 5.92 Å². The molecule has 2 aliphatic heterocycles. The first-order chi connectivity index (χ1) is 13.7. The van der Waals surface area contributed by atoms with Crippen molar-refractivity contribution in [2.45, 2.75) is 32.1 Å². The largest absolute Gasteiger partial charge is 0.457 e. The Kier molecular flexibility index (Phi) is 5.60. The Morgan fingerprint density at radius 1 is 0.857 bits per heavy atom. The number of anilines is 1. The molecule has 146 valence electrons. The molecule has 0 radical (unpaired) electrons. The van der Waals surface area contributed by atoms with Crippen LogP contribution in [0, 0.1) is 5.92 Å². The Morgan fingerprint density at radius 3 is 2.18 bits per heavy atom. The first-order valence-electron chi connectivity index (χ1n) is 10.1. The quantitative estimate of drug-likeness (QED) is 0.800. The Labute approximate surface area is 165 Å². The number of para-hydroxylation sites is 1. The van der Waals surface area contributed by atoms with Crippen LogP contribution in [0.3, 0.4) is 0 Å². The van der Waals surface area contributed by atoms with Crippen molar-refractivity contribution in [3.8, 4) is 11.5 Å².